The highest BCUT2D eigenvalue weighted by Gasteiger charge is 2.53. The van der Waals surface area contributed by atoms with Crippen molar-refractivity contribution in [2.75, 3.05) is 0 Å². The first kappa shape index (κ1) is 71.4. The third-order valence-electron chi connectivity index (χ3n) is 23.6. The molecule has 17 rings (SSSR count). The Labute approximate surface area is 650 Å². The van der Waals surface area contributed by atoms with Crippen molar-refractivity contribution in [2.24, 2.45) is 0 Å². The first-order chi connectivity index (χ1) is 53.0. The number of benzene rings is 9. The second kappa shape index (κ2) is 30.5. The second-order valence-electron chi connectivity index (χ2n) is 30.5. The molecule has 0 bridgehead atoms. The van der Waals surface area contributed by atoms with Gasteiger partial charge in [-0.15, -0.1) is 45.3 Å². The molecule has 0 radical (unpaired) electrons. The molecular formula is C100H90O4S4. The standard InChI is InChI=1S/C100H90O4S4/c1-5-9-13-17-25-63-33-41-71(42-34-63)99(72-43-35-64(36-44-72)26-18-14-10-6-2)85-61-84-86(62-83(85)97-87(99)59-77(107-97)57-75-49-51-89(105-75)91-93(101)79-53-67-29-21-22-30-68(67)54-80(79)94(91)102)100(73-45-37-65(38-46-73)27-19-15-11-7-3,74-47-39-66(40-48-74)28-20-16-12-8-4)88-60-78(108-98(84)88)58-76-50-52-90(106-76)92-95(103)81-55-69-31-23-24-32-70(69)56-82(81)96(92)104/h21-24,29-62H,5-20,25-28H2,1-4H3/b75-57+,76-58+. The molecule has 4 nitrogen and oxygen atoms in total. The zero-order valence-electron chi connectivity index (χ0n) is 62.3. The predicted octanol–water partition coefficient (Wildman–Crippen LogP) is 23.6. The smallest absolute Gasteiger partial charge is 0.199 e. The van der Waals surface area contributed by atoms with Crippen LogP contribution in [-0.2, 0) is 36.5 Å². The molecule has 4 aliphatic carbocycles. The Morgan fingerprint density at radius 2 is 0.565 bits per heavy atom. The molecule has 0 N–H and O–H groups in total. The second-order valence-corrected chi connectivity index (χ2v) is 34.9. The number of hydrogen-bond acceptors (Lipinski definition) is 8. The van der Waals surface area contributed by atoms with Crippen LogP contribution in [0.5, 0.6) is 0 Å². The van der Waals surface area contributed by atoms with E-state index in [1.165, 1.54) is 187 Å². The molecule has 0 saturated heterocycles. The van der Waals surface area contributed by atoms with Gasteiger partial charge in [0.25, 0.3) is 0 Å². The third-order valence-corrected chi connectivity index (χ3v) is 27.9. The average molecular weight is 1480 g/mol. The number of ketones is 4. The minimum Gasteiger partial charge on any atom is -0.288 e. The van der Waals surface area contributed by atoms with Crippen LogP contribution in [-0.4, -0.2) is 23.1 Å². The number of aryl methyl sites for hydroxylation is 4. The predicted molar refractivity (Wildman–Crippen MR) is 454 cm³/mol. The molecule has 0 amide bonds. The van der Waals surface area contributed by atoms with Crippen LogP contribution in [0.4, 0.5) is 0 Å². The molecule has 538 valence electrons. The Bertz CT molecular complexity index is 5360. The Morgan fingerprint density at radius 3 is 0.843 bits per heavy atom. The fourth-order valence-electron chi connectivity index (χ4n) is 17.9. The Balaban J connectivity index is 0.887. The molecule has 0 aliphatic heterocycles. The van der Waals surface area contributed by atoms with Gasteiger partial charge in [0, 0.05) is 59.9 Å². The van der Waals surface area contributed by atoms with Crippen molar-refractivity contribution < 1.29 is 19.2 Å². The van der Waals surface area contributed by atoms with Gasteiger partial charge >= 0.3 is 0 Å². The van der Waals surface area contributed by atoms with Crippen LogP contribution in [0.2, 0.25) is 0 Å². The van der Waals surface area contributed by atoms with E-state index >= 15 is 0 Å². The lowest BCUT2D eigenvalue weighted by Gasteiger charge is -2.35. The Kier molecular flexibility index (Phi) is 20.2. The molecule has 108 heavy (non-hydrogen) atoms. The van der Waals surface area contributed by atoms with Crippen molar-refractivity contribution in [2.45, 2.75) is 167 Å². The van der Waals surface area contributed by atoms with Crippen molar-refractivity contribution in [3.05, 3.63) is 335 Å². The first-order valence-electron chi connectivity index (χ1n) is 39.7. The van der Waals surface area contributed by atoms with E-state index in [-0.39, 0.29) is 34.3 Å². The monoisotopic (exact) mass is 1480 g/mol. The number of unbranched alkanes of at least 4 members (excludes halogenated alkanes) is 12. The minimum absolute atomic E-state index is 0.207. The van der Waals surface area contributed by atoms with Crippen molar-refractivity contribution >= 4 is 113 Å². The summed E-state index contributed by atoms with van der Waals surface area (Å²) in [6.07, 6.45) is 27.9. The molecule has 8 heteroatoms. The van der Waals surface area contributed by atoms with Gasteiger partial charge in [0.15, 0.2) is 23.1 Å². The van der Waals surface area contributed by atoms with E-state index in [0.717, 1.165) is 91.7 Å². The summed E-state index contributed by atoms with van der Waals surface area (Å²) in [6, 6.07) is 80.6. The number of carbonyl (C=O) groups excluding carboxylic acids is 4. The summed E-state index contributed by atoms with van der Waals surface area (Å²) in [5.41, 5.74) is 18.8. The normalized spacial score (nSPS) is 14.8. The van der Waals surface area contributed by atoms with Crippen LogP contribution in [0, 0.1) is 0 Å². The highest BCUT2D eigenvalue weighted by atomic mass is 32.1. The summed E-state index contributed by atoms with van der Waals surface area (Å²) in [5.74, 6) is -0.826. The van der Waals surface area contributed by atoms with E-state index in [2.05, 4.69) is 173 Å². The van der Waals surface area contributed by atoms with Gasteiger partial charge < -0.3 is 0 Å². The quantitative estimate of drug-likeness (QED) is 0.0507. The lowest BCUT2D eigenvalue weighted by Crippen LogP contribution is -2.30. The zero-order valence-corrected chi connectivity index (χ0v) is 65.6. The summed E-state index contributed by atoms with van der Waals surface area (Å²) in [4.78, 5) is 62.3. The molecular weight excluding hydrogens is 1390 g/mol. The number of hydrogen-bond donors (Lipinski definition) is 0. The molecule has 4 heterocycles. The molecule has 13 aromatic rings. The minimum atomic E-state index is -0.749. The maximum atomic E-state index is 14.4. The zero-order chi connectivity index (χ0) is 73.6. The summed E-state index contributed by atoms with van der Waals surface area (Å²) in [7, 11) is 0. The summed E-state index contributed by atoms with van der Waals surface area (Å²) in [5, 5.41) is 3.79. The van der Waals surface area contributed by atoms with Gasteiger partial charge in [-0.05, 0) is 236 Å². The van der Waals surface area contributed by atoms with E-state index < -0.39 is 10.8 Å². The highest BCUT2D eigenvalue weighted by Crippen LogP contribution is 2.65. The lowest BCUT2D eigenvalue weighted by molar-refractivity contribution is 0.101. The van der Waals surface area contributed by atoms with Gasteiger partial charge in [-0.2, -0.15) is 0 Å². The molecule has 0 fully saturated rings. The van der Waals surface area contributed by atoms with Gasteiger partial charge in [-0.25, -0.2) is 0 Å². The van der Waals surface area contributed by atoms with Crippen molar-refractivity contribution in [3.63, 3.8) is 0 Å². The summed E-state index contributed by atoms with van der Waals surface area (Å²) in [6.45, 7) is 9.13. The number of Topliss-reactive ketones (excluding diaryl/α,β-unsaturated/α-hetero) is 4. The molecule has 0 atom stereocenters. The van der Waals surface area contributed by atoms with Gasteiger partial charge in [-0.1, -0.05) is 250 Å². The fourth-order valence-corrected chi connectivity index (χ4v) is 22.5. The molecule has 0 spiro atoms. The highest BCUT2D eigenvalue weighted by molar-refractivity contribution is 7.17. The topological polar surface area (TPSA) is 68.3 Å². The van der Waals surface area contributed by atoms with Crippen molar-refractivity contribution in [1.29, 1.82) is 0 Å². The van der Waals surface area contributed by atoms with E-state index in [1.54, 1.807) is 0 Å². The van der Waals surface area contributed by atoms with Gasteiger partial charge in [-0.3, -0.25) is 19.2 Å². The van der Waals surface area contributed by atoms with Crippen LogP contribution in [0.15, 0.2) is 218 Å². The van der Waals surface area contributed by atoms with Crippen LogP contribution < -0.4 is 18.1 Å². The van der Waals surface area contributed by atoms with Crippen LogP contribution in [0.25, 0.3) is 65.7 Å². The van der Waals surface area contributed by atoms with Crippen LogP contribution in [0.1, 0.15) is 248 Å². The van der Waals surface area contributed by atoms with Crippen LogP contribution >= 0.6 is 45.3 Å². The number of carbonyl (C=O) groups is 4. The van der Waals surface area contributed by atoms with E-state index in [0.29, 0.717) is 31.3 Å². The lowest BCUT2D eigenvalue weighted by atomic mass is 9.65. The molecule has 4 aliphatic rings. The number of thiophene rings is 4. The van der Waals surface area contributed by atoms with E-state index in [1.807, 2.05) is 108 Å². The first-order valence-corrected chi connectivity index (χ1v) is 43.0. The van der Waals surface area contributed by atoms with Crippen molar-refractivity contribution in [1.82, 2.24) is 0 Å². The molecule has 0 unspecified atom stereocenters. The number of fused-ring (bicyclic) bond motifs is 10. The maximum absolute atomic E-state index is 14.4. The summed E-state index contributed by atoms with van der Waals surface area (Å²) >= 11 is 6.73. The van der Waals surface area contributed by atoms with Crippen LogP contribution in [0.3, 0.4) is 0 Å². The van der Waals surface area contributed by atoms with Gasteiger partial charge in [0.1, 0.15) is 0 Å². The Morgan fingerprint density at radius 1 is 0.278 bits per heavy atom. The third kappa shape index (κ3) is 12.8. The van der Waals surface area contributed by atoms with Gasteiger partial charge in [0.05, 0.1) is 22.0 Å². The molecule has 0 saturated carbocycles. The molecule has 9 aromatic carbocycles. The average Bonchev–Trinajstić information content (AvgIpc) is 1.50. The van der Waals surface area contributed by atoms with E-state index in [4.69, 9.17) is 0 Å². The summed E-state index contributed by atoms with van der Waals surface area (Å²) < 4.78 is 3.34. The largest absolute Gasteiger partial charge is 0.288 e. The van der Waals surface area contributed by atoms with E-state index in [9.17, 15) is 19.2 Å². The Hall–Kier alpha value is -9.54. The SMILES string of the molecule is CCCCCCc1ccc(C2(c3ccc(CCCCCC)cc3)c3cc4c(cc3-c3sc(/C=c5\ccc(=C6C(=O)c7cc8ccccc8cc7C6=O)s5)cc32)C(c2ccc(CCCCCC)cc2)(c2ccc(CCCCCC)cc2)c2cc(/C=c3\ccc(=C5C(=O)c6cc7ccccc7cc6C5=O)s3)sc2-4)cc1. The number of rotatable bonds is 26. The van der Waals surface area contributed by atoms with Gasteiger partial charge in [0.2, 0.25) is 0 Å². The molecule has 4 aromatic heterocycles. The fraction of sp³-hybridized carbons (Fsp3) is 0.260. The maximum Gasteiger partial charge on any atom is 0.199 e. The van der Waals surface area contributed by atoms with Crippen molar-refractivity contribution in [3.8, 4) is 20.9 Å².